The van der Waals surface area contributed by atoms with E-state index in [1.807, 2.05) is 0 Å². The molecule has 15 heavy (non-hydrogen) atoms. The summed E-state index contributed by atoms with van der Waals surface area (Å²) in [4.78, 5) is 4.04. The van der Waals surface area contributed by atoms with E-state index in [-0.39, 0.29) is 6.10 Å². The first-order valence-corrected chi connectivity index (χ1v) is 5.24. The second kappa shape index (κ2) is 4.64. The lowest BCUT2D eigenvalue weighted by molar-refractivity contribution is 0.201. The SMILES string of the molecule is OB(O)c1ccnc(OC2CCCC2)c1. The van der Waals surface area contributed by atoms with Gasteiger partial charge in [0.05, 0.1) is 0 Å². The molecule has 0 amide bonds. The van der Waals surface area contributed by atoms with Crippen molar-refractivity contribution >= 4 is 12.6 Å². The molecule has 1 saturated carbocycles. The average Bonchev–Trinajstić information content (AvgIpc) is 2.71. The molecule has 2 N–H and O–H groups in total. The summed E-state index contributed by atoms with van der Waals surface area (Å²) < 4.78 is 5.63. The lowest BCUT2D eigenvalue weighted by Crippen LogP contribution is -2.30. The number of hydrogen-bond acceptors (Lipinski definition) is 4. The summed E-state index contributed by atoms with van der Waals surface area (Å²) in [5.74, 6) is 0.479. The van der Waals surface area contributed by atoms with Crippen LogP contribution >= 0.6 is 0 Å². The van der Waals surface area contributed by atoms with Crippen LogP contribution in [0.2, 0.25) is 0 Å². The first-order chi connectivity index (χ1) is 7.25. The minimum atomic E-state index is -1.46. The molecule has 0 bridgehead atoms. The fourth-order valence-corrected chi connectivity index (χ4v) is 1.83. The van der Waals surface area contributed by atoms with Crippen molar-refractivity contribution in [2.75, 3.05) is 0 Å². The third-order valence-corrected chi connectivity index (χ3v) is 2.65. The van der Waals surface area contributed by atoms with Gasteiger partial charge in [0, 0.05) is 12.3 Å². The average molecular weight is 207 g/mol. The summed E-state index contributed by atoms with van der Waals surface area (Å²) in [7, 11) is -1.46. The van der Waals surface area contributed by atoms with E-state index in [1.165, 1.54) is 19.0 Å². The Kier molecular flexibility index (Phi) is 3.23. The third-order valence-electron chi connectivity index (χ3n) is 2.65. The summed E-state index contributed by atoms with van der Waals surface area (Å²) in [6, 6.07) is 3.13. The van der Waals surface area contributed by atoms with Crippen molar-refractivity contribution in [3.8, 4) is 5.88 Å². The molecule has 0 aliphatic heterocycles. The summed E-state index contributed by atoms with van der Waals surface area (Å²) in [6.07, 6.45) is 6.30. The molecule has 0 atom stereocenters. The molecule has 1 aromatic heterocycles. The van der Waals surface area contributed by atoms with E-state index >= 15 is 0 Å². The van der Waals surface area contributed by atoms with Gasteiger partial charge in [0.1, 0.15) is 6.10 Å². The number of hydrogen-bond donors (Lipinski definition) is 2. The van der Waals surface area contributed by atoms with E-state index in [0.29, 0.717) is 11.3 Å². The Labute approximate surface area is 89.1 Å². The van der Waals surface area contributed by atoms with Crippen molar-refractivity contribution in [3.05, 3.63) is 18.3 Å². The summed E-state index contributed by atoms with van der Waals surface area (Å²) in [5.41, 5.74) is 0.415. The van der Waals surface area contributed by atoms with Crippen LogP contribution in [0.3, 0.4) is 0 Å². The fourth-order valence-electron chi connectivity index (χ4n) is 1.83. The highest BCUT2D eigenvalue weighted by molar-refractivity contribution is 6.58. The van der Waals surface area contributed by atoms with Crippen molar-refractivity contribution in [1.82, 2.24) is 4.98 Å². The van der Waals surface area contributed by atoms with Crippen molar-refractivity contribution in [3.63, 3.8) is 0 Å². The predicted molar refractivity (Wildman–Crippen MR) is 56.9 cm³/mol. The van der Waals surface area contributed by atoms with Gasteiger partial charge < -0.3 is 14.8 Å². The van der Waals surface area contributed by atoms with E-state index < -0.39 is 7.12 Å². The summed E-state index contributed by atoms with van der Waals surface area (Å²) in [6.45, 7) is 0. The van der Waals surface area contributed by atoms with Gasteiger partial charge in [-0.25, -0.2) is 4.98 Å². The number of rotatable bonds is 3. The normalized spacial score (nSPS) is 16.7. The quantitative estimate of drug-likeness (QED) is 0.689. The molecule has 0 aromatic carbocycles. The van der Waals surface area contributed by atoms with Crippen LogP contribution in [0.15, 0.2) is 18.3 Å². The number of pyridine rings is 1. The minimum Gasteiger partial charge on any atom is -0.474 e. The van der Waals surface area contributed by atoms with Gasteiger partial charge >= 0.3 is 7.12 Å². The maximum atomic E-state index is 8.98. The first-order valence-electron chi connectivity index (χ1n) is 5.24. The molecular formula is C10H14BNO3. The Morgan fingerprint density at radius 1 is 1.33 bits per heavy atom. The van der Waals surface area contributed by atoms with Gasteiger partial charge in [0.2, 0.25) is 5.88 Å². The minimum absolute atomic E-state index is 0.239. The van der Waals surface area contributed by atoms with E-state index in [9.17, 15) is 0 Å². The van der Waals surface area contributed by atoms with Crippen molar-refractivity contribution < 1.29 is 14.8 Å². The van der Waals surface area contributed by atoms with Gasteiger partial charge in [-0.3, -0.25) is 0 Å². The van der Waals surface area contributed by atoms with E-state index in [4.69, 9.17) is 14.8 Å². The molecule has 0 spiro atoms. The van der Waals surface area contributed by atoms with E-state index in [0.717, 1.165) is 12.8 Å². The number of ether oxygens (including phenoxy) is 1. The Morgan fingerprint density at radius 3 is 2.73 bits per heavy atom. The van der Waals surface area contributed by atoms with Crippen molar-refractivity contribution in [2.24, 2.45) is 0 Å². The Hall–Kier alpha value is -1.07. The topological polar surface area (TPSA) is 62.6 Å². The second-order valence-corrected chi connectivity index (χ2v) is 3.83. The maximum Gasteiger partial charge on any atom is 0.488 e. The molecule has 0 radical (unpaired) electrons. The molecule has 80 valence electrons. The Balaban J connectivity index is 2.04. The van der Waals surface area contributed by atoms with Gasteiger partial charge in [-0.15, -0.1) is 0 Å². The van der Waals surface area contributed by atoms with Gasteiger partial charge in [-0.05, 0) is 37.2 Å². The van der Waals surface area contributed by atoms with Crippen LogP contribution in [-0.4, -0.2) is 28.3 Å². The lowest BCUT2D eigenvalue weighted by atomic mass is 9.81. The zero-order valence-electron chi connectivity index (χ0n) is 8.47. The van der Waals surface area contributed by atoms with Gasteiger partial charge in [0.25, 0.3) is 0 Å². The molecule has 1 heterocycles. The Bertz CT molecular complexity index is 326. The summed E-state index contributed by atoms with van der Waals surface area (Å²) >= 11 is 0. The Morgan fingerprint density at radius 2 is 2.07 bits per heavy atom. The molecule has 2 rings (SSSR count). The van der Waals surface area contributed by atoms with Crippen LogP contribution in [0.4, 0.5) is 0 Å². The zero-order valence-corrected chi connectivity index (χ0v) is 8.47. The van der Waals surface area contributed by atoms with Crippen LogP contribution in [-0.2, 0) is 0 Å². The monoisotopic (exact) mass is 207 g/mol. The number of aromatic nitrogens is 1. The standard InChI is InChI=1S/C10H14BNO3/c13-11(14)8-5-6-12-10(7-8)15-9-3-1-2-4-9/h5-7,9,13-14H,1-4H2. The first kappa shape index (κ1) is 10.5. The smallest absolute Gasteiger partial charge is 0.474 e. The molecule has 1 fully saturated rings. The molecule has 1 aliphatic carbocycles. The number of nitrogens with zero attached hydrogens (tertiary/aromatic N) is 1. The highest BCUT2D eigenvalue weighted by atomic mass is 16.5. The molecule has 1 aromatic rings. The zero-order chi connectivity index (χ0) is 10.7. The van der Waals surface area contributed by atoms with Crippen LogP contribution in [0.25, 0.3) is 0 Å². The molecular weight excluding hydrogens is 193 g/mol. The molecule has 4 nitrogen and oxygen atoms in total. The van der Waals surface area contributed by atoms with Crippen LogP contribution in [0.1, 0.15) is 25.7 Å². The lowest BCUT2D eigenvalue weighted by Gasteiger charge is -2.12. The summed E-state index contributed by atoms with van der Waals surface area (Å²) in [5, 5.41) is 18.0. The van der Waals surface area contributed by atoms with Gasteiger partial charge in [-0.1, -0.05) is 0 Å². The van der Waals surface area contributed by atoms with Gasteiger partial charge in [0.15, 0.2) is 0 Å². The van der Waals surface area contributed by atoms with E-state index in [2.05, 4.69) is 4.98 Å². The highest BCUT2D eigenvalue weighted by Crippen LogP contribution is 2.22. The molecule has 0 saturated heterocycles. The third kappa shape index (κ3) is 2.70. The predicted octanol–water partition coefficient (Wildman–Crippen LogP) is 0.0828. The van der Waals surface area contributed by atoms with Crippen molar-refractivity contribution in [1.29, 1.82) is 0 Å². The highest BCUT2D eigenvalue weighted by Gasteiger charge is 2.18. The second-order valence-electron chi connectivity index (χ2n) is 3.83. The maximum absolute atomic E-state index is 8.98. The van der Waals surface area contributed by atoms with Crippen molar-refractivity contribution in [2.45, 2.75) is 31.8 Å². The fraction of sp³-hybridized carbons (Fsp3) is 0.500. The van der Waals surface area contributed by atoms with Gasteiger partial charge in [-0.2, -0.15) is 0 Å². The van der Waals surface area contributed by atoms with E-state index in [1.54, 1.807) is 12.1 Å². The van der Waals surface area contributed by atoms with Crippen LogP contribution in [0, 0.1) is 0 Å². The van der Waals surface area contributed by atoms with Crippen LogP contribution < -0.4 is 10.2 Å². The molecule has 1 aliphatic rings. The molecule has 5 heteroatoms. The molecule has 0 unspecified atom stereocenters. The largest absolute Gasteiger partial charge is 0.488 e. The van der Waals surface area contributed by atoms with Crippen LogP contribution in [0.5, 0.6) is 5.88 Å².